The number of amides is 3. The van der Waals surface area contributed by atoms with Crippen molar-refractivity contribution in [1.29, 1.82) is 0 Å². The van der Waals surface area contributed by atoms with Crippen molar-refractivity contribution in [2.45, 2.75) is 25.0 Å². The van der Waals surface area contributed by atoms with Crippen LogP contribution in [0.15, 0.2) is 48.5 Å². The van der Waals surface area contributed by atoms with Crippen LogP contribution in [-0.4, -0.2) is 85.6 Å². The number of hydrogen-bond donors (Lipinski definition) is 1. The molecule has 3 unspecified atom stereocenters. The summed E-state index contributed by atoms with van der Waals surface area (Å²) in [7, 11) is 3.49. The number of carbonyl (C=O) groups excluding carboxylic acids is 2. The van der Waals surface area contributed by atoms with Crippen LogP contribution in [0.5, 0.6) is 5.75 Å². The second kappa shape index (κ2) is 8.59. The number of carbonyl (C=O) groups is 2. The third-order valence-electron chi connectivity index (χ3n) is 7.20. The van der Waals surface area contributed by atoms with E-state index in [4.69, 9.17) is 4.74 Å². The van der Waals surface area contributed by atoms with Crippen molar-refractivity contribution in [2.24, 2.45) is 0 Å². The summed E-state index contributed by atoms with van der Waals surface area (Å²) >= 11 is 0. The number of nitrogens with zero attached hydrogens (tertiary/aromatic N) is 4. The monoisotopic (exact) mass is 449 g/mol. The second-order valence-corrected chi connectivity index (χ2v) is 9.04. The van der Waals surface area contributed by atoms with E-state index in [1.54, 1.807) is 19.1 Å². The molecule has 2 aromatic carbocycles. The number of urea groups is 1. The number of benzene rings is 2. The summed E-state index contributed by atoms with van der Waals surface area (Å²) in [6.07, 6.45) is 0. The second-order valence-electron chi connectivity index (χ2n) is 9.04. The van der Waals surface area contributed by atoms with Crippen molar-refractivity contribution < 1.29 is 14.3 Å². The third-order valence-corrected chi connectivity index (χ3v) is 7.20. The molecule has 2 fully saturated rings. The van der Waals surface area contributed by atoms with Gasteiger partial charge in [-0.15, -0.1) is 0 Å². The average Bonchev–Trinajstić information content (AvgIpc) is 3.25. The summed E-state index contributed by atoms with van der Waals surface area (Å²) in [5.74, 6) is 0.741. The predicted octanol–water partition coefficient (Wildman–Crippen LogP) is 2.64. The maximum absolute atomic E-state index is 13.3. The Balaban J connectivity index is 1.24. The van der Waals surface area contributed by atoms with Gasteiger partial charge < -0.3 is 19.9 Å². The molecule has 33 heavy (non-hydrogen) atoms. The summed E-state index contributed by atoms with van der Waals surface area (Å²) < 4.78 is 5.52. The van der Waals surface area contributed by atoms with E-state index in [1.165, 1.54) is 4.90 Å². The highest BCUT2D eigenvalue weighted by atomic mass is 16.5. The Morgan fingerprint density at radius 1 is 1.03 bits per heavy atom. The van der Waals surface area contributed by atoms with Crippen molar-refractivity contribution in [1.82, 2.24) is 14.7 Å². The van der Waals surface area contributed by atoms with E-state index >= 15 is 0 Å². The molecule has 3 aliphatic heterocycles. The van der Waals surface area contributed by atoms with Crippen LogP contribution in [-0.2, 0) is 4.79 Å². The quantitative estimate of drug-likeness (QED) is 0.757. The number of nitrogens with one attached hydrogen (secondary N) is 1. The Kier molecular flexibility index (Phi) is 5.62. The van der Waals surface area contributed by atoms with Crippen LogP contribution in [0, 0.1) is 0 Å². The minimum atomic E-state index is -0.431. The molecule has 3 heterocycles. The third kappa shape index (κ3) is 3.68. The van der Waals surface area contributed by atoms with Crippen molar-refractivity contribution in [2.75, 3.05) is 57.1 Å². The number of ether oxygens (including phenoxy) is 1. The molecule has 0 aromatic heterocycles. The summed E-state index contributed by atoms with van der Waals surface area (Å²) in [5.41, 5.74) is 3.04. The van der Waals surface area contributed by atoms with Gasteiger partial charge in [-0.2, -0.15) is 0 Å². The van der Waals surface area contributed by atoms with Crippen LogP contribution >= 0.6 is 0 Å². The standard InChI is InChI=1S/C25H31N5O3/c1-17(28-12-14-29(15-13-28)20-10-6-7-11-21(20)33-3)16-30-24(31)22-23(27(2)25(30)32)18-8-4-5-9-19(18)26-22/h4-11,17,22-23,26H,12-16H2,1-3H3. The van der Waals surface area contributed by atoms with Gasteiger partial charge in [-0.1, -0.05) is 30.3 Å². The van der Waals surface area contributed by atoms with Crippen LogP contribution in [0.4, 0.5) is 16.2 Å². The van der Waals surface area contributed by atoms with E-state index in [-0.39, 0.29) is 24.0 Å². The summed E-state index contributed by atoms with van der Waals surface area (Å²) in [6.45, 7) is 5.95. The molecule has 3 atom stereocenters. The Morgan fingerprint density at radius 3 is 2.48 bits per heavy atom. The van der Waals surface area contributed by atoms with Crippen molar-refractivity contribution in [3.05, 3.63) is 54.1 Å². The van der Waals surface area contributed by atoms with Gasteiger partial charge in [0, 0.05) is 57.1 Å². The molecule has 5 rings (SSSR count). The van der Waals surface area contributed by atoms with Gasteiger partial charge >= 0.3 is 6.03 Å². The molecule has 0 saturated carbocycles. The minimum absolute atomic E-state index is 0.0754. The molecule has 0 aliphatic carbocycles. The first-order valence-corrected chi connectivity index (χ1v) is 11.5. The topological polar surface area (TPSA) is 68.4 Å². The summed E-state index contributed by atoms with van der Waals surface area (Å²) in [6, 6.07) is 15.1. The molecule has 0 spiro atoms. The fourth-order valence-corrected chi connectivity index (χ4v) is 5.36. The first kappa shape index (κ1) is 21.6. The first-order chi connectivity index (χ1) is 16.0. The number of imide groups is 1. The Hall–Kier alpha value is -3.26. The van der Waals surface area contributed by atoms with Crippen LogP contribution in [0.2, 0.25) is 0 Å². The molecule has 2 aromatic rings. The molecule has 8 heteroatoms. The van der Waals surface area contributed by atoms with E-state index in [9.17, 15) is 9.59 Å². The minimum Gasteiger partial charge on any atom is -0.495 e. The van der Waals surface area contributed by atoms with E-state index in [1.807, 2.05) is 42.5 Å². The summed E-state index contributed by atoms with van der Waals surface area (Å²) in [4.78, 5) is 34.3. The zero-order chi connectivity index (χ0) is 23.1. The van der Waals surface area contributed by atoms with E-state index in [2.05, 4.69) is 28.1 Å². The highest BCUT2D eigenvalue weighted by Gasteiger charge is 2.49. The maximum Gasteiger partial charge on any atom is 0.327 e. The lowest BCUT2D eigenvalue weighted by Crippen LogP contribution is -2.62. The van der Waals surface area contributed by atoms with Gasteiger partial charge in [0.1, 0.15) is 11.8 Å². The average molecular weight is 450 g/mol. The van der Waals surface area contributed by atoms with Crippen LogP contribution < -0.4 is 15.0 Å². The summed E-state index contributed by atoms with van der Waals surface area (Å²) in [5, 5.41) is 3.34. The lowest BCUT2D eigenvalue weighted by molar-refractivity contribution is -0.134. The predicted molar refractivity (Wildman–Crippen MR) is 128 cm³/mol. The van der Waals surface area contributed by atoms with Gasteiger partial charge in [-0.05, 0) is 25.1 Å². The highest BCUT2D eigenvalue weighted by Crippen LogP contribution is 2.41. The molecule has 1 N–H and O–H groups in total. The number of fused-ring (bicyclic) bond motifs is 3. The molecule has 174 valence electrons. The molecule has 0 bridgehead atoms. The van der Waals surface area contributed by atoms with Gasteiger partial charge in [0.2, 0.25) is 0 Å². The lowest BCUT2D eigenvalue weighted by atomic mass is 9.98. The Bertz CT molecular complexity index is 1050. The molecule has 3 amide bonds. The Morgan fingerprint density at radius 2 is 1.73 bits per heavy atom. The zero-order valence-electron chi connectivity index (χ0n) is 19.4. The van der Waals surface area contributed by atoms with Crippen molar-refractivity contribution in [3.63, 3.8) is 0 Å². The van der Waals surface area contributed by atoms with Crippen molar-refractivity contribution >= 4 is 23.3 Å². The van der Waals surface area contributed by atoms with Crippen LogP contribution in [0.25, 0.3) is 0 Å². The van der Waals surface area contributed by atoms with Gasteiger partial charge in [0.15, 0.2) is 0 Å². The molecule has 8 nitrogen and oxygen atoms in total. The van der Waals surface area contributed by atoms with Crippen molar-refractivity contribution in [3.8, 4) is 5.75 Å². The number of hydrogen-bond acceptors (Lipinski definition) is 6. The largest absolute Gasteiger partial charge is 0.495 e. The van der Waals surface area contributed by atoms with Crippen LogP contribution in [0.1, 0.15) is 18.5 Å². The van der Waals surface area contributed by atoms with E-state index in [0.717, 1.165) is 48.9 Å². The van der Waals surface area contributed by atoms with E-state index in [0.29, 0.717) is 6.54 Å². The SMILES string of the molecule is COc1ccccc1N1CCN(C(C)CN2C(=O)C3Nc4ccccc4C3N(C)C2=O)CC1. The molecule has 0 radical (unpaired) electrons. The highest BCUT2D eigenvalue weighted by molar-refractivity contribution is 6.03. The van der Waals surface area contributed by atoms with Gasteiger partial charge in [-0.3, -0.25) is 14.6 Å². The number of anilines is 2. The smallest absolute Gasteiger partial charge is 0.327 e. The van der Waals surface area contributed by atoms with Gasteiger partial charge in [-0.25, -0.2) is 4.79 Å². The molecular weight excluding hydrogens is 418 g/mol. The number of methoxy groups -OCH3 is 1. The number of para-hydroxylation sites is 3. The number of piperazine rings is 1. The maximum atomic E-state index is 13.3. The fraction of sp³-hybridized carbons (Fsp3) is 0.440. The molecular formula is C25H31N5O3. The van der Waals surface area contributed by atoms with E-state index < -0.39 is 6.04 Å². The number of rotatable bonds is 5. The first-order valence-electron chi connectivity index (χ1n) is 11.5. The zero-order valence-corrected chi connectivity index (χ0v) is 19.4. The van der Waals surface area contributed by atoms with Gasteiger partial charge in [0.05, 0.1) is 18.8 Å². The normalized spacial score (nSPS) is 23.8. The number of likely N-dealkylation sites (N-methyl/N-ethyl adjacent to an activating group) is 1. The Labute approximate surface area is 194 Å². The molecule has 2 saturated heterocycles. The van der Waals surface area contributed by atoms with Gasteiger partial charge in [0.25, 0.3) is 5.91 Å². The lowest BCUT2D eigenvalue weighted by Gasteiger charge is -2.43. The molecule has 3 aliphatic rings. The fourth-order valence-electron chi connectivity index (χ4n) is 5.36. The van der Waals surface area contributed by atoms with Crippen LogP contribution in [0.3, 0.4) is 0 Å².